The predicted molar refractivity (Wildman–Crippen MR) is 77.3 cm³/mol. The number of rotatable bonds is 1. The van der Waals surface area contributed by atoms with E-state index in [-0.39, 0.29) is 13.1 Å². The minimum atomic E-state index is -0.847. The monoisotopic (exact) mass is 283 g/mol. The van der Waals surface area contributed by atoms with Gasteiger partial charge in [0.25, 0.3) is 0 Å². The van der Waals surface area contributed by atoms with Gasteiger partial charge in [0.1, 0.15) is 11.0 Å². The maximum atomic E-state index is 12.0. The van der Waals surface area contributed by atoms with Crippen molar-refractivity contribution in [1.29, 1.82) is 5.26 Å². The summed E-state index contributed by atoms with van der Waals surface area (Å²) in [6.07, 6.45) is 6.63. The second-order valence-corrected chi connectivity index (χ2v) is 6.07. The highest BCUT2D eigenvalue weighted by Gasteiger charge is 2.50. The van der Waals surface area contributed by atoms with Gasteiger partial charge in [-0.15, -0.1) is 6.42 Å². The molecule has 0 N–H and O–H groups in total. The Kier molecular flexibility index (Phi) is 3.61. The van der Waals surface area contributed by atoms with E-state index in [1.54, 1.807) is 39.1 Å². The molecule has 1 fully saturated rings. The number of hydrogen-bond donors (Lipinski definition) is 0. The van der Waals surface area contributed by atoms with Crippen LogP contribution < -0.4 is 0 Å². The Morgan fingerprint density at radius 2 is 2.19 bits per heavy atom. The molecule has 108 valence electrons. The Morgan fingerprint density at radius 3 is 2.71 bits per heavy atom. The zero-order valence-corrected chi connectivity index (χ0v) is 12.4. The average molecular weight is 283 g/mol. The molecule has 0 saturated carbocycles. The van der Waals surface area contributed by atoms with E-state index < -0.39 is 17.1 Å². The van der Waals surface area contributed by atoms with Gasteiger partial charge in [-0.2, -0.15) is 5.26 Å². The fourth-order valence-corrected chi connectivity index (χ4v) is 2.24. The van der Waals surface area contributed by atoms with Crippen molar-refractivity contribution in [3.8, 4) is 18.4 Å². The zero-order chi connectivity index (χ0) is 15.7. The fraction of sp³-hybridized carbons (Fsp3) is 0.438. The molecule has 2 rings (SSSR count). The molecule has 1 aromatic rings. The van der Waals surface area contributed by atoms with Gasteiger partial charge in [0.05, 0.1) is 24.9 Å². The molecule has 1 aromatic heterocycles. The number of aromatic nitrogens is 1. The van der Waals surface area contributed by atoms with Crippen LogP contribution in [0.15, 0.2) is 18.3 Å². The van der Waals surface area contributed by atoms with Gasteiger partial charge >= 0.3 is 6.09 Å². The molecule has 0 spiro atoms. The summed E-state index contributed by atoms with van der Waals surface area (Å²) in [6.45, 7) is 5.89. The highest BCUT2D eigenvalue weighted by Crippen LogP contribution is 2.35. The molecule has 1 aliphatic rings. The van der Waals surface area contributed by atoms with Crippen molar-refractivity contribution in [3.05, 3.63) is 29.6 Å². The van der Waals surface area contributed by atoms with Crippen molar-refractivity contribution in [2.75, 3.05) is 13.1 Å². The number of ether oxygens (including phenoxy) is 1. The lowest BCUT2D eigenvalue weighted by Crippen LogP contribution is -2.61. The minimum absolute atomic E-state index is 0.240. The molecule has 5 nitrogen and oxygen atoms in total. The molecule has 5 heteroatoms. The van der Waals surface area contributed by atoms with Crippen LogP contribution in [0.2, 0.25) is 0 Å². The quantitative estimate of drug-likeness (QED) is 0.740. The Balaban J connectivity index is 2.17. The lowest BCUT2D eigenvalue weighted by molar-refractivity contribution is -0.00103. The van der Waals surface area contributed by atoms with Crippen LogP contribution in [0.3, 0.4) is 0 Å². The van der Waals surface area contributed by atoms with Crippen LogP contribution in [-0.4, -0.2) is 34.7 Å². The first-order valence-corrected chi connectivity index (χ1v) is 6.62. The van der Waals surface area contributed by atoms with Gasteiger partial charge < -0.3 is 9.64 Å². The maximum Gasteiger partial charge on any atom is 0.410 e. The number of carbonyl (C=O) groups is 1. The molecule has 1 saturated heterocycles. The molecule has 0 unspecified atom stereocenters. The van der Waals surface area contributed by atoms with Crippen molar-refractivity contribution in [2.45, 2.75) is 31.8 Å². The van der Waals surface area contributed by atoms with Crippen molar-refractivity contribution < 1.29 is 9.53 Å². The first kappa shape index (κ1) is 14.9. The number of nitrogens with zero attached hydrogens (tertiary/aromatic N) is 3. The molecular formula is C16H17N3O2. The number of likely N-dealkylation sites (tertiary alicyclic amines) is 1. The number of nitriles is 1. The molecule has 0 bridgehead atoms. The summed E-state index contributed by atoms with van der Waals surface area (Å²) in [5.74, 6) is 2.54. The molecule has 2 heterocycles. The lowest BCUT2D eigenvalue weighted by atomic mass is 9.76. The number of amides is 1. The number of hydrogen-bond acceptors (Lipinski definition) is 4. The van der Waals surface area contributed by atoms with E-state index in [4.69, 9.17) is 11.2 Å². The molecule has 0 atom stereocenters. The smallest absolute Gasteiger partial charge is 0.410 e. The van der Waals surface area contributed by atoms with Gasteiger partial charge in [0, 0.05) is 11.8 Å². The third kappa shape index (κ3) is 2.83. The van der Waals surface area contributed by atoms with Crippen LogP contribution in [-0.2, 0) is 10.2 Å². The van der Waals surface area contributed by atoms with Gasteiger partial charge in [-0.25, -0.2) is 4.79 Å². The minimum Gasteiger partial charge on any atom is -0.444 e. The number of terminal acetylenes is 1. The third-order valence-corrected chi connectivity index (χ3v) is 3.20. The molecule has 1 amide bonds. The van der Waals surface area contributed by atoms with Crippen LogP contribution in [0.4, 0.5) is 4.79 Å². The Bertz CT molecular complexity index is 641. The first-order valence-electron chi connectivity index (χ1n) is 6.62. The molecule has 0 aromatic carbocycles. The maximum absolute atomic E-state index is 12.0. The van der Waals surface area contributed by atoms with Crippen LogP contribution in [0.1, 0.15) is 32.0 Å². The van der Waals surface area contributed by atoms with Crippen LogP contribution in [0.5, 0.6) is 0 Å². The number of pyridine rings is 1. The van der Waals surface area contributed by atoms with Crippen molar-refractivity contribution in [1.82, 2.24) is 9.88 Å². The Hall–Kier alpha value is -2.53. The standard InChI is InChI=1S/C16H17N3O2/c1-5-12-7-6-8-18-13(12)16(9-17)10-19(11-16)14(20)21-15(2,3)4/h1,6-8H,10-11H2,2-4H3. The Labute approximate surface area is 124 Å². The highest BCUT2D eigenvalue weighted by atomic mass is 16.6. The molecule has 0 radical (unpaired) electrons. The summed E-state index contributed by atoms with van der Waals surface area (Å²) in [7, 11) is 0. The van der Waals surface area contributed by atoms with Gasteiger partial charge in [-0.05, 0) is 32.9 Å². The van der Waals surface area contributed by atoms with E-state index >= 15 is 0 Å². The van der Waals surface area contributed by atoms with Crippen LogP contribution in [0, 0.1) is 23.7 Å². The fourth-order valence-electron chi connectivity index (χ4n) is 2.24. The van der Waals surface area contributed by atoms with E-state index in [1.165, 1.54) is 4.90 Å². The summed E-state index contributed by atoms with van der Waals surface area (Å²) >= 11 is 0. The third-order valence-electron chi connectivity index (χ3n) is 3.20. The largest absolute Gasteiger partial charge is 0.444 e. The molecule has 0 aliphatic carbocycles. The van der Waals surface area contributed by atoms with Gasteiger partial charge in [0.15, 0.2) is 0 Å². The average Bonchev–Trinajstić information content (AvgIpc) is 2.36. The van der Waals surface area contributed by atoms with Gasteiger partial charge in [0.2, 0.25) is 0 Å². The highest BCUT2D eigenvalue weighted by molar-refractivity contribution is 5.71. The second-order valence-electron chi connectivity index (χ2n) is 6.07. The summed E-state index contributed by atoms with van der Waals surface area (Å²) in [5.41, 5.74) is -0.269. The van der Waals surface area contributed by atoms with E-state index in [0.717, 1.165) is 0 Å². The van der Waals surface area contributed by atoms with Crippen LogP contribution in [0.25, 0.3) is 0 Å². The topological polar surface area (TPSA) is 66.2 Å². The summed E-state index contributed by atoms with van der Waals surface area (Å²) < 4.78 is 5.29. The first-order chi connectivity index (χ1) is 9.81. The normalized spacial score (nSPS) is 16.3. The Morgan fingerprint density at radius 1 is 1.52 bits per heavy atom. The van der Waals surface area contributed by atoms with Gasteiger partial charge in [-0.3, -0.25) is 4.98 Å². The molecule has 1 aliphatic heterocycles. The van der Waals surface area contributed by atoms with Crippen molar-refractivity contribution in [2.24, 2.45) is 0 Å². The molecular weight excluding hydrogens is 266 g/mol. The SMILES string of the molecule is C#Cc1cccnc1C1(C#N)CN(C(=O)OC(C)(C)C)C1. The van der Waals surface area contributed by atoms with E-state index in [0.29, 0.717) is 11.3 Å². The summed E-state index contributed by atoms with van der Waals surface area (Å²) in [5, 5.41) is 9.50. The zero-order valence-electron chi connectivity index (χ0n) is 12.4. The van der Waals surface area contributed by atoms with Gasteiger partial charge in [-0.1, -0.05) is 5.92 Å². The summed E-state index contributed by atoms with van der Waals surface area (Å²) in [4.78, 5) is 17.7. The summed E-state index contributed by atoms with van der Waals surface area (Å²) in [6, 6.07) is 5.72. The molecule has 21 heavy (non-hydrogen) atoms. The van der Waals surface area contributed by atoms with Crippen LogP contribution >= 0.6 is 0 Å². The predicted octanol–water partition coefficient (Wildman–Crippen LogP) is 2.07. The van der Waals surface area contributed by atoms with E-state index in [1.807, 2.05) is 0 Å². The van der Waals surface area contributed by atoms with Crippen molar-refractivity contribution in [3.63, 3.8) is 0 Å². The lowest BCUT2D eigenvalue weighted by Gasteiger charge is -2.45. The van der Waals surface area contributed by atoms with E-state index in [9.17, 15) is 10.1 Å². The van der Waals surface area contributed by atoms with E-state index in [2.05, 4.69) is 17.0 Å². The number of carbonyl (C=O) groups excluding carboxylic acids is 1. The second kappa shape index (κ2) is 5.10. The van der Waals surface area contributed by atoms with Crippen molar-refractivity contribution >= 4 is 6.09 Å².